The summed E-state index contributed by atoms with van der Waals surface area (Å²) in [5.41, 5.74) is 0. The van der Waals surface area contributed by atoms with Gasteiger partial charge in [0.1, 0.15) is 6.61 Å². The van der Waals surface area contributed by atoms with Crippen molar-refractivity contribution < 1.29 is 28.9 Å². The van der Waals surface area contributed by atoms with Gasteiger partial charge in [-0.2, -0.15) is 0 Å². The number of hydrogen-bond acceptors (Lipinski definition) is 5. The number of carboxylic acid groups (broad SMARTS) is 1. The second-order valence-electron chi connectivity index (χ2n) is 5.22. The van der Waals surface area contributed by atoms with Gasteiger partial charge in [-0.25, -0.2) is 0 Å². The Morgan fingerprint density at radius 1 is 1.23 bits per heavy atom. The summed E-state index contributed by atoms with van der Waals surface area (Å²) in [5, 5.41) is 8.96. The van der Waals surface area contributed by atoms with E-state index in [0.717, 1.165) is 0 Å². The van der Waals surface area contributed by atoms with E-state index in [4.69, 9.17) is 19.3 Å². The number of aliphatic carboxylic acids is 1. The Labute approximate surface area is 127 Å². The molecule has 118 valence electrons. The number of nitrogens with zero attached hydrogens (tertiary/aromatic N) is 1. The molecule has 1 saturated heterocycles. The maximum atomic E-state index is 12.6. The van der Waals surface area contributed by atoms with Crippen LogP contribution in [0.25, 0.3) is 0 Å². The van der Waals surface area contributed by atoms with Gasteiger partial charge in [-0.1, -0.05) is 12.1 Å². The van der Waals surface area contributed by atoms with Crippen molar-refractivity contribution in [3.8, 4) is 11.5 Å². The smallest absolute Gasteiger partial charge is 0.305 e. The first-order valence-electron chi connectivity index (χ1n) is 7.13. The Morgan fingerprint density at radius 3 is 2.77 bits per heavy atom. The molecule has 7 heteroatoms. The predicted molar refractivity (Wildman–Crippen MR) is 74.9 cm³/mol. The molecule has 0 saturated carbocycles. The zero-order valence-corrected chi connectivity index (χ0v) is 11.9. The fourth-order valence-corrected chi connectivity index (χ4v) is 2.64. The van der Waals surface area contributed by atoms with Crippen molar-refractivity contribution in [3.63, 3.8) is 0 Å². The number of benzene rings is 1. The van der Waals surface area contributed by atoms with Gasteiger partial charge in [0.2, 0.25) is 6.10 Å². The number of fused-ring (bicyclic) bond motifs is 1. The van der Waals surface area contributed by atoms with Gasteiger partial charge in [0.05, 0.1) is 25.7 Å². The largest absolute Gasteiger partial charge is 0.485 e. The van der Waals surface area contributed by atoms with Crippen LogP contribution in [0.2, 0.25) is 0 Å². The van der Waals surface area contributed by atoms with Gasteiger partial charge in [-0.3, -0.25) is 9.59 Å². The van der Waals surface area contributed by atoms with E-state index in [0.29, 0.717) is 24.7 Å². The van der Waals surface area contributed by atoms with E-state index < -0.39 is 18.1 Å². The third kappa shape index (κ3) is 2.99. The first kappa shape index (κ1) is 14.6. The molecule has 1 amide bonds. The van der Waals surface area contributed by atoms with Crippen molar-refractivity contribution >= 4 is 11.9 Å². The lowest BCUT2D eigenvalue weighted by Gasteiger charge is -2.37. The van der Waals surface area contributed by atoms with Crippen LogP contribution in [0.15, 0.2) is 24.3 Å². The molecule has 0 spiro atoms. The standard InChI is InChI=1S/C15H17NO6/c17-14(18)7-10-8-20-6-5-16(10)15(19)13-9-21-11-3-1-2-4-12(11)22-13/h1-4,10,13H,5-9H2,(H,17,18). The van der Waals surface area contributed by atoms with E-state index >= 15 is 0 Å². The van der Waals surface area contributed by atoms with Crippen molar-refractivity contribution in [2.75, 3.05) is 26.4 Å². The molecule has 1 N–H and O–H groups in total. The Balaban J connectivity index is 1.71. The van der Waals surface area contributed by atoms with Crippen LogP contribution in [0.5, 0.6) is 11.5 Å². The fourth-order valence-electron chi connectivity index (χ4n) is 2.64. The number of para-hydroxylation sites is 2. The quantitative estimate of drug-likeness (QED) is 0.876. The monoisotopic (exact) mass is 307 g/mol. The minimum absolute atomic E-state index is 0.118. The van der Waals surface area contributed by atoms with E-state index in [1.807, 2.05) is 6.07 Å². The highest BCUT2D eigenvalue weighted by Gasteiger charge is 2.36. The molecule has 1 aromatic rings. The average Bonchev–Trinajstić information content (AvgIpc) is 2.54. The summed E-state index contributed by atoms with van der Waals surface area (Å²) in [6, 6.07) is 6.67. The maximum absolute atomic E-state index is 12.6. The Bertz CT molecular complexity index is 575. The molecule has 0 radical (unpaired) electrons. The number of morpholine rings is 1. The summed E-state index contributed by atoms with van der Waals surface area (Å²) in [6.45, 7) is 1.10. The van der Waals surface area contributed by atoms with Crippen molar-refractivity contribution in [1.29, 1.82) is 0 Å². The zero-order valence-electron chi connectivity index (χ0n) is 11.9. The first-order valence-corrected chi connectivity index (χ1v) is 7.13. The Morgan fingerprint density at radius 2 is 2.00 bits per heavy atom. The minimum Gasteiger partial charge on any atom is -0.485 e. The van der Waals surface area contributed by atoms with Crippen molar-refractivity contribution in [1.82, 2.24) is 4.90 Å². The molecular weight excluding hydrogens is 290 g/mol. The molecule has 0 bridgehead atoms. The summed E-state index contributed by atoms with van der Waals surface area (Å²) < 4.78 is 16.5. The molecule has 2 heterocycles. The molecule has 3 rings (SSSR count). The summed E-state index contributed by atoms with van der Waals surface area (Å²) in [4.78, 5) is 25.1. The van der Waals surface area contributed by atoms with E-state index in [1.165, 1.54) is 4.90 Å². The lowest BCUT2D eigenvalue weighted by molar-refractivity contribution is -0.153. The van der Waals surface area contributed by atoms with Crippen LogP contribution in [-0.4, -0.2) is 60.4 Å². The number of rotatable bonds is 3. The van der Waals surface area contributed by atoms with Crippen LogP contribution in [0.1, 0.15) is 6.42 Å². The molecule has 1 fully saturated rings. The van der Waals surface area contributed by atoms with Gasteiger partial charge < -0.3 is 24.2 Å². The third-order valence-corrected chi connectivity index (χ3v) is 3.70. The van der Waals surface area contributed by atoms with Crippen LogP contribution in [0.4, 0.5) is 0 Å². The normalized spacial score (nSPS) is 23.9. The number of carbonyl (C=O) groups excluding carboxylic acids is 1. The van der Waals surface area contributed by atoms with Crippen molar-refractivity contribution in [2.24, 2.45) is 0 Å². The van der Waals surface area contributed by atoms with Crippen LogP contribution >= 0.6 is 0 Å². The highest BCUT2D eigenvalue weighted by molar-refractivity contribution is 5.83. The molecule has 2 unspecified atom stereocenters. The van der Waals surface area contributed by atoms with Crippen LogP contribution in [-0.2, 0) is 14.3 Å². The number of amides is 1. The van der Waals surface area contributed by atoms with Gasteiger partial charge in [0.15, 0.2) is 11.5 Å². The van der Waals surface area contributed by atoms with Crippen LogP contribution in [0.3, 0.4) is 0 Å². The van der Waals surface area contributed by atoms with E-state index in [1.54, 1.807) is 18.2 Å². The average molecular weight is 307 g/mol. The third-order valence-electron chi connectivity index (χ3n) is 3.70. The molecule has 0 aromatic heterocycles. The second-order valence-corrected chi connectivity index (χ2v) is 5.22. The number of ether oxygens (including phenoxy) is 3. The van der Waals surface area contributed by atoms with Crippen LogP contribution in [0, 0.1) is 0 Å². The summed E-state index contributed by atoms with van der Waals surface area (Å²) >= 11 is 0. The topological polar surface area (TPSA) is 85.3 Å². The van der Waals surface area contributed by atoms with Crippen LogP contribution < -0.4 is 9.47 Å². The fraction of sp³-hybridized carbons (Fsp3) is 0.467. The molecule has 22 heavy (non-hydrogen) atoms. The number of carbonyl (C=O) groups is 2. The van der Waals surface area contributed by atoms with E-state index in [-0.39, 0.29) is 25.5 Å². The summed E-state index contributed by atoms with van der Waals surface area (Å²) in [5.74, 6) is -0.0886. The van der Waals surface area contributed by atoms with Gasteiger partial charge in [0.25, 0.3) is 5.91 Å². The number of hydrogen-bond donors (Lipinski definition) is 1. The highest BCUT2D eigenvalue weighted by atomic mass is 16.6. The predicted octanol–water partition coefficient (Wildman–Crippen LogP) is 0.529. The maximum Gasteiger partial charge on any atom is 0.305 e. The Kier molecular flexibility index (Phi) is 4.15. The summed E-state index contributed by atoms with van der Waals surface area (Å²) in [7, 11) is 0. The highest BCUT2D eigenvalue weighted by Crippen LogP contribution is 2.31. The molecule has 1 aromatic carbocycles. The van der Waals surface area contributed by atoms with E-state index in [2.05, 4.69) is 0 Å². The molecule has 2 atom stereocenters. The molecule has 0 aliphatic carbocycles. The second kappa shape index (κ2) is 6.23. The lowest BCUT2D eigenvalue weighted by Crippen LogP contribution is -2.55. The zero-order chi connectivity index (χ0) is 15.5. The van der Waals surface area contributed by atoms with Gasteiger partial charge >= 0.3 is 5.97 Å². The number of carboxylic acids is 1. The molecule has 2 aliphatic heterocycles. The first-order chi connectivity index (χ1) is 10.6. The van der Waals surface area contributed by atoms with Gasteiger partial charge in [0, 0.05) is 6.54 Å². The lowest BCUT2D eigenvalue weighted by atomic mass is 10.1. The summed E-state index contributed by atoms with van der Waals surface area (Å²) in [6.07, 6.45) is -0.903. The molecule has 2 aliphatic rings. The molecule has 7 nitrogen and oxygen atoms in total. The Hall–Kier alpha value is -2.28. The van der Waals surface area contributed by atoms with Crippen molar-refractivity contribution in [2.45, 2.75) is 18.6 Å². The van der Waals surface area contributed by atoms with E-state index in [9.17, 15) is 9.59 Å². The van der Waals surface area contributed by atoms with Crippen molar-refractivity contribution in [3.05, 3.63) is 24.3 Å². The SMILES string of the molecule is O=C(O)CC1COCCN1C(=O)C1COc2ccccc2O1. The minimum atomic E-state index is -0.959. The van der Waals surface area contributed by atoms with Gasteiger partial charge in [-0.15, -0.1) is 0 Å². The molecular formula is C15H17NO6. The van der Waals surface area contributed by atoms with Gasteiger partial charge in [-0.05, 0) is 12.1 Å².